The Bertz CT molecular complexity index is 1100. The molecule has 1 aliphatic heterocycles. The molecule has 0 bridgehead atoms. The van der Waals surface area contributed by atoms with Crippen LogP contribution in [0.1, 0.15) is 0 Å². The summed E-state index contributed by atoms with van der Waals surface area (Å²) in [6.07, 6.45) is 3.34. The normalized spacial score (nSPS) is 14.0. The first-order chi connectivity index (χ1) is 15.0. The summed E-state index contributed by atoms with van der Waals surface area (Å²) in [5.41, 5.74) is 1.29. The third kappa shape index (κ3) is 4.69. The molecule has 1 aromatic heterocycles. The van der Waals surface area contributed by atoms with Crippen molar-refractivity contribution in [3.05, 3.63) is 76.9 Å². The number of amides is 1. The van der Waals surface area contributed by atoms with Crippen LogP contribution in [0.2, 0.25) is 0 Å². The van der Waals surface area contributed by atoms with Crippen LogP contribution >= 0.6 is 11.8 Å². The number of imidazole rings is 1. The number of nitrogens with zero attached hydrogens (tertiary/aromatic N) is 5. The maximum Gasteiger partial charge on any atom is 0.292 e. The Balaban J connectivity index is 1.35. The summed E-state index contributed by atoms with van der Waals surface area (Å²) in [7, 11) is 0. The second-order valence-electron chi connectivity index (χ2n) is 6.96. The van der Waals surface area contributed by atoms with Gasteiger partial charge in [-0.1, -0.05) is 30.0 Å². The standard InChI is InChI=1S/C21H20FN5O3S/c22-16-4-3-5-17(14-16)26-9-8-23-21(26)31-15-20(28)25-12-10-24(11-13-25)18-6-1-2-7-19(18)27(29)30/h1-9,14H,10-13,15H2. The number of carbonyl (C=O) groups excluding carboxylic acids is 1. The van der Waals surface area contributed by atoms with E-state index in [1.165, 1.54) is 30.0 Å². The molecule has 0 radical (unpaired) electrons. The first-order valence-corrected chi connectivity index (χ1v) is 10.7. The van der Waals surface area contributed by atoms with E-state index < -0.39 is 0 Å². The average molecular weight is 441 g/mol. The molecule has 0 spiro atoms. The molecule has 160 valence electrons. The fraction of sp³-hybridized carbons (Fsp3) is 0.238. The molecule has 3 aromatic rings. The van der Waals surface area contributed by atoms with Crippen molar-refractivity contribution in [2.45, 2.75) is 5.16 Å². The van der Waals surface area contributed by atoms with Gasteiger partial charge in [0.2, 0.25) is 5.91 Å². The number of halogens is 1. The molecule has 0 aliphatic carbocycles. The van der Waals surface area contributed by atoms with Gasteiger partial charge in [0, 0.05) is 44.6 Å². The number of nitro groups is 1. The molecule has 0 N–H and O–H groups in total. The fourth-order valence-corrected chi connectivity index (χ4v) is 4.40. The lowest BCUT2D eigenvalue weighted by molar-refractivity contribution is -0.384. The molecule has 0 atom stereocenters. The maximum atomic E-state index is 13.5. The lowest BCUT2D eigenvalue weighted by Crippen LogP contribution is -2.49. The van der Waals surface area contributed by atoms with Crippen LogP contribution in [0, 0.1) is 15.9 Å². The Morgan fingerprint density at radius 1 is 1.13 bits per heavy atom. The molecule has 0 saturated carbocycles. The van der Waals surface area contributed by atoms with Gasteiger partial charge >= 0.3 is 0 Å². The van der Waals surface area contributed by atoms with Gasteiger partial charge in [-0.3, -0.25) is 19.5 Å². The lowest BCUT2D eigenvalue weighted by atomic mass is 10.2. The number of hydrogen-bond acceptors (Lipinski definition) is 6. The van der Waals surface area contributed by atoms with Crippen molar-refractivity contribution in [1.29, 1.82) is 0 Å². The lowest BCUT2D eigenvalue weighted by Gasteiger charge is -2.35. The van der Waals surface area contributed by atoms with Gasteiger partial charge in [0.05, 0.1) is 16.4 Å². The van der Waals surface area contributed by atoms with Crippen LogP contribution in [0.4, 0.5) is 15.8 Å². The van der Waals surface area contributed by atoms with Gasteiger partial charge in [0.15, 0.2) is 5.16 Å². The molecule has 1 aliphatic rings. The van der Waals surface area contributed by atoms with Crippen LogP contribution in [0.25, 0.3) is 5.69 Å². The summed E-state index contributed by atoms with van der Waals surface area (Å²) < 4.78 is 15.3. The number of carbonyl (C=O) groups is 1. The molecule has 2 heterocycles. The molecule has 1 saturated heterocycles. The topological polar surface area (TPSA) is 84.5 Å². The predicted octanol–water partition coefficient (Wildman–Crippen LogP) is 3.36. The summed E-state index contributed by atoms with van der Waals surface area (Å²) in [6.45, 7) is 2.03. The van der Waals surface area contributed by atoms with E-state index in [0.29, 0.717) is 42.7 Å². The van der Waals surface area contributed by atoms with Crippen LogP contribution in [-0.2, 0) is 4.79 Å². The third-order valence-electron chi connectivity index (χ3n) is 5.07. The van der Waals surface area contributed by atoms with E-state index in [4.69, 9.17) is 0 Å². The monoisotopic (exact) mass is 441 g/mol. The van der Waals surface area contributed by atoms with Crippen molar-refractivity contribution in [1.82, 2.24) is 14.5 Å². The Labute approximate surface area is 182 Å². The summed E-state index contributed by atoms with van der Waals surface area (Å²) in [4.78, 5) is 31.5. The summed E-state index contributed by atoms with van der Waals surface area (Å²) >= 11 is 1.29. The van der Waals surface area contributed by atoms with Gasteiger partial charge in [0.25, 0.3) is 5.69 Å². The Morgan fingerprint density at radius 3 is 2.65 bits per heavy atom. The zero-order chi connectivity index (χ0) is 21.8. The molecule has 4 rings (SSSR count). The largest absolute Gasteiger partial charge is 0.362 e. The highest BCUT2D eigenvalue weighted by Gasteiger charge is 2.25. The van der Waals surface area contributed by atoms with Crippen LogP contribution in [0.5, 0.6) is 0 Å². The van der Waals surface area contributed by atoms with Gasteiger partial charge < -0.3 is 9.80 Å². The Hall–Kier alpha value is -3.40. The second-order valence-corrected chi connectivity index (χ2v) is 7.90. The number of anilines is 1. The van der Waals surface area contributed by atoms with E-state index >= 15 is 0 Å². The van der Waals surface area contributed by atoms with Gasteiger partial charge in [-0.05, 0) is 24.3 Å². The number of thioether (sulfide) groups is 1. The van der Waals surface area contributed by atoms with Gasteiger partial charge in [0.1, 0.15) is 11.5 Å². The fourth-order valence-electron chi connectivity index (χ4n) is 3.52. The van der Waals surface area contributed by atoms with Crippen molar-refractivity contribution < 1.29 is 14.1 Å². The number of rotatable bonds is 6. The Kier molecular flexibility index (Phi) is 6.17. The van der Waals surface area contributed by atoms with E-state index in [2.05, 4.69) is 4.98 Å². The number of piperazine rings is 1. The number of benzene rings is 2. The van der Waals surface area contributed by atoms with Crippen molar-refractivity contribution >= 4 is 29.0 Å². The molecule has 0 unspecified atom stereocenters. The molecule has 2 aromatic carbocycles. The number of hydrogen-bond donors (Lipinski definition) is 0. The van der Waals surface area contributed by atoms with E-state index in [0.717, 1.165) is 0 Å². The van der Waals surface area contributed by atoms with E-state index in [1.54, 1.807) is 52.2 Å². The highest BCUT2D eigenvalue weighted by atomic mass is 32.2. The van der Waals surface area contributed by atoms with Crippen molar-refractivity contribution in [2.75, 3.05) is 36.8 Å². The summed E-state index contributed by atoms with van der Waals surface area (Å²) in [6, 6.07) is 12.8. The molecular weight excluding hydrogens is 421 g/mol. The van der Waals surface area contributed by atoms with Gasteiger partial charge in [-0.25, -0.2) is 9.37 Å². The van der Waals surface area contributed by atoms with Crippen LogP contribution in [-0.4, -0.2) is 57.2 Å². The van der Waals surface area contributed by atoms with Crippen molar-refractivity contribution in [3.63, 3.8) is 0 Å². The minimum absolute atomic E-state index is 0.0268. The summed E-state index contributed by atoms with van der Waals surface area (Å²) in [5.74, 6) is -0.159. The van der Waals surface area contributed by atoms with Crippen LogP contribution in [0.3, 0.4) is 0 Å². The molecule has 8 nitrogen and oxygen atoms in total. The SMILES string of the molecule is O=C(CSc1nccn1-c1cccc(F)c1)N1CCN(c2ccccc2[N+](=O)[O-])CC1. The first kappa shape index (κ1) is 20.9. The van der Waals surface area contributed by atoms with Crippen LogP contribution in [0.15, 0.2) is 66.1 Å². The quantitative estimate of drug-likeness (QED) is 0.331. The van der Waals surface area contributed by atoms with Crippen molar-refractivity contribution in [2.24, 2.45) is 0 Å². The average Bonchev–Trinajstić information content (AvgIpc) is 3.26. The third-order valence-corrected chi connectivity index (χ3v) is 6.02. The second kappa shape index (κ2) is 9.17. The van der Waals surface area contributed by atoms with Crippen LogP contribution < -0.4 is 4.90 Å². The molecule has 1 fully saturated rings. The minimum atomic E-state index is -0.385. The molecular formula is C21H20FN5O3S. The van der Waals surface area contributed by atoms with Crippen molar-refractivity contribution in [3.8, 4) is 5.69 Å². The van der Waals surface area contributed by atoms with E-state index in [-0.39, 0.29) is 28.1 Å². The number of para-hydroxylation sites is 2. The highest BCUT2D eigenvalue weighted by molar-refractivity contribution is 7.99. The van der Waals surface area contributed by atoms with E-state index in [9.17, 15) is 19.3 Å². The zero-order valence-electron chi connectivity index (χ0n) is 16.6. The number of aromatic nitrogens is 2. The van der Waals surface area contributed by atoms with Gasteiger partial charge in [-0.15, -0.1) is 0 Å². The highest BCUT2D eigenvalue weighted by Crippen LogP contribution is 2.28. The number of nitro benzene ring substituents is 1. The molecule has 31 heavy (non-hydrogen) atoms. The van der Waals surface area contributed by atoms with E-state index in [1.807, 2.05) is 4.90 Å². The first-order valence-electron chi connectivity index (χ1n) is 9.71. The zero-order valence-corrected chi connectivity index (χ0v) is 17.4. The minimum Gasteiger partial charge on any atom is -0.362 e. The summed E-state index contributed by atoms with van der Waals surface area (Å²) in [5, 5.41) is 11.9. The maximum absolute atomic E-state index is 13.5. The molecule has 1 amide bonds. The molecule has 10 heteroatoms. The van der Waals surface area contributed by atoms with Gasteiger partial charge in [-0.2, -0.15) is 0 Å². The smallest absolute Gasteiger partial charge is 0.292 e. The predicted molar refractivity (Wildman–Crippen MR) is 116 cm³/mol. The Morgan fingerprint density at radius 2 is 1.90 bits per heavy atom.